The van der Waals surface area contributed by atoms with Gasteiger partial charge < -0.3 is 10.4 Å². The fourth-order valence-corrected chi connectivity index (χ4v) is 2.77. The Morgan fingerprint density at radius 3 is 2.42 bits per heavy atom. The van der Waals surface area contributed by atoms with Gasteiger partial charge in [-0.05, 0) is 24.3 Å². The van der Waals surface area contributed by atoms with Crippen molar-refractivity contribution in [3.05, 3.63) is 71.9 Å². The third-order valence-corrected chi connectivity index (χ3v) is 3.85. The number of rotatable bonds is 4. The molecule has 2 aromatic carbocycles. The van der Waals surface area contributed by atoms with Crippen molar-refractivity contribution in [2.75, 3.05) is 5.32 Å². The normalized spacial score (nSPS) is 11.0. The fraction of sp³-hybridized carbons (Fsp3) is 0. The van der Waals surface area contributed by atoms with Gasteiger partial charge in [0.2, 0.25) is 5.91 Å². The van der Waals surface area contributed by atoms with Crippen LogP contribution in [0.4, 0.5) is 5.69 Å². The van der Waals surface area contributed by atoms with Crippen LogP contribution in [-0.4, -0.2) is 21.1 Å². The van der Waals surface area contributed by atoms with Gasteiger partial charge in [-0.3, -0.25) is 4.79 Å². The molecule has 5 nitrogen and oxygen atoms in total. The van der Waals surface area contributed by atoms with Crippen LogP contribution in [0.15, 0.2) is 60.7 Å². The minimum Gasteiger partial charge on any atom is -0.477 e. The van der Waals surface area contributed by atoms with E-state index in [0.29, 0.717) is 22.2 Å². The molecule has 0 bridgehead atoms. The number of hydrogen-bond donors (Lipinski definition) is 2. The Balaban J connectivity index is 1.96. The zero-order valence-electron chi connectivity index (χ0n) is 12.4. The second-order valence-corrected chi connectivity index (χ2v) is 5.39. The number of anilines is 1. The summed E-state index contributed by atoms with van der Waals surface area (Å²) in [6.45, 7) is 0. The largest absolute Gasteiger partial charge is 0.477 e. The first-order chi connectivity index (χ1) is 11.6. The molecule has 1 aromatic heterocycles. The van der Waals surface area contributed by atoms with Crippen LogP contribution in [-0.2, 0) is 4.79 Å². The van der Waals surface area contributed by atoms with E-state index in [0.717, 1.165) is 4.09 Å². The number of fused-ring (bicyclic) bond motifs is 1. The van der Waals surface area contributed by atoms with Crippen molar-refractivity contribution >= 4 is 46.3 Å². The molecule has 6 heteroatoms. The molecule has 120 valence electrons. The minimum atomic E-state index is -1.16. The molecule has 0 aliphatic rings. The summed E-state index contributed by atoms with van der Waals surface area (Å²) in [6.07, 6.45) is 2.75. The maximum atomic E-state index is 12.0. The highest BCUT2D eigenvalue weighted by molar-refractivity contribution is 6.23. The zero-order valence-corrected chi connectivity index (χ0v) is 13.2. The Bertz CT molecular complexity index is 946. The first-order valence-electron chi connectivity index (χ1n) is 7.15. The number of hydrogen-bond acceptors (Lipinski definition) is 2. The first kappa shape index (κ1) is 15.8. The number of carbonyl (C=O) groups excluding carboxylic acids is 1. The van der Waals surface area contributed by atoms with Gasteiger partial charge in [0.05, 0.1) is 5.52 Å². The molecule has 0 unspecified atom stereocenters. The van der Waals surface area contributed by atoms with E-state index in [1.807, 2.05) is 18.2 Å². The molecular weight excluding hydrogens is 328 g/mol. The van der Waals surface area contributed by atoms with Crippen molar-refractivity contribution in [1.29, 1.82) is 0 Å². The SMILES string of the molecule is O=C(C=Cc1c(C(=O)O)n(Cl)c2ccccc12)Nc1ccccc1. The van der Waals surface area contributed by atoms with Gasteiger partial charge in [-0.15, -0.1) is 0 Å². The molecule has 0 spiro atoms. The lowest BCUT2D eigenvalue weighted by Crippen LogP contribution is -2.08. The smallest absolute Gasteiger partial charge is 0.354 e. The summed E-state index contributed by atoms with van der Waals surface area (Å²) in [5, 5.41) is 12.8. The van der Waals surface area contributed by atoms with E-state index < -0.39 is 5.97 Å². The number of aromatic nitrogens is 1. The highest BCUT2D eigenvalue weighted by atomic mass is 35.5. The number of benzene rings is 2. The predicted molar refractivity (Wildman–Crippen MR) is 94.3 cm³/mol. The van der Waals surface area contributed by atoms with E-state index in [4.69, 9.17) is 11.8 Å². The predicted octanol–water partition coefficient (Wildman–Crippen LogP) is 3.99. The van der Waals surface area contributed by atoms with Crippen molar-refractivity contribution in [3.63, 3.8) is 0 Å². The summed E-state index contributed by atoms with van der Waals surface area (Å²) in [7, 11) is 0. The van der Waals surface area contributed by atoms with Crippen LogP contribution in [0.25, 0.3) is 17.0 Å². The minimum absolute atomic E-state index is 0.0818. The van der Waals surface area contributed by atoms with Gasteiger partial charge >= 0.3 is 5.97 Å². The third-order valence-electron chi connectivity index (χ3n) is 3.50. The molecule has 0 aliphatic heterocycles. The highest BCUT2D eigenvalue weighted by Crippen LogP contribution is 2.28. The molecule has 0 aliphatic carbocycles. The lowest BCUT2D eigenvalue weighted by Gasteiger charge is -2.01. The summed E-state index contributed by atoms with van der Waals surface area (Å²) >= 11 is 6.10. The molecule has 0 atom stereocenters. The third kappa shape index (κ3) is 3.02. The number of para-hydroxylation sites is 2. The molecule has 1 amide bonds. The molecule has 2 N–H and O–H groups in total. The van der Waals surface area contributed by atoms with Crippen LogP contribution in [0, 0.1) is 0 Å². The first-order valence-corrected chi connectivity index (χ1v) is 7.48. The van der Waals surface area contributed by atoms with Crippen molar-refractivity contribution in [2.24, 2.45) is 0 Å². The zero-order chi connectivity index (χ0) is 17.1. The van der Waals surface area contributed by atoms with Crippen LogP contribution in [0.3, 0.4) is 0 Å². The summed E-state index contributed by atoms with van der Waals surface area (Å²) < 4.78 is 1.09. The van der Waals surface area contributed by atoms with Gasteiger partial charge in [0.25, 0.3) is 0 Å². The van der Waals surface area contributed by atoms with Crippen LogP contribution < -0.4 is 5.32 Å². The Hall–Kier alpha value is -3.05. The molecule has 3 aromatic rings. The van der Waals surface area contributed by atoms with Crippen LogP contribution in [0.1, 0.15) is 16.1 Å². The molecule has 3 rings (SSSR count). The molecule has 0 saturated heterocycles. The summed E-state index contributed by atoms with van der Waals surface area (Å²) in [6, 6.07) is 16.0. The van der Waals surface area contributed by atoms with E-state index in [1.165, 1.54) is 12.2 Å². The van der Waals surface area contributed by atoms with Crippen molar-refractivity contribution in [2.45, 2.75) is 0 Å². The van der Waals surface area contributed by atoms with E-state index in [-0.39, 0.29) is 11.6 Å². The molecule has 0 radical (unpaired) electrons. The average Bonchev–Trinajstić information content (AvgIpc) is 2.87. The molecule has 24 heavy (non-hydrogen) atoms. The Kier molecular flexibility index (Phi) is 4.35. The maximum Gasteiger partial charge on any atom is 0.354 e. The number of carbonyl (C=O) groups is 2. The maximum absolute atomic E-state index is 12.0. The molecular formula is C18H13ClN2O3. The Morgan fingerprint density at radius 1 is 1.04 bits per heavy atom. The van der Waals surface area contributed by atoms with Crippen LogP contribution in [0.5, 0.6) is 0 Å². The van der Waals surface area contributed by atoms with Gasteiger partial charge in [0.1, 0.15) is 0 Å². The summed E-state index contributed by atoms with van der Waals surface area (Å²) in [5.74, 6) is -1.52. The molecule has 0 saturated carbocycles. The molecule has 0 fully saturated rings. The number of carboxylic acids is 1. The standard InChI is InChI=1S/C18H13ClN2O3/c19-21-15-9-5-4-8-13(15)14(17(21)18(23)24)10-11-16(22)20-12-6-2-1-3-7-12/h1-11H,(H,20,22)(H,23,24). The number of carboxylic acid groups (broad SMARTS) is 1. The monoisotopic (exact) mass is 340 g/mol. The van der Waals surface area contributed by atoms with Gasteiger partial charge in [-0.1, -0.05) is 36.4 Å². The van der Waals surface area contributed by atoms with Gasteiger partial charge in [0.15, 0.2) is 5.69 Å². The van der Waals surface area contributed by atoms with E-state index in [9.17, 15) is 14.7 Å². The lowest BCUT2D eigenvalue weighted by molar-refractivity contribution is -0.111. The second-order valence-electron chi connectivity index (χ2n) is 5.05. The number of nitrogens with one attached hydrogen (secondary N) is 1. The van der Waals surface area contributed by atoms with Crippen molar-refractivity contribution in [3.8, 4) is 0 Å². The Labute approximate surface area is 142 Å². The average molecular weight is 341 g/mol. The molecule has 1 heterocycles. The quantitative estimate of drug-likeness (QED) is 0.705. The summed E-state index contributed by atoms with van der Waals surface area (Å²) in [4.78, 5) is 23.5. The topological polar surface area (TPSA) is 71.3 Å². The van der Waals surface area contributed by atoms with Crippen LogP contribution >= 0.6 is 11.8 Å². The van der Waals surface area contributed by atoms with Gasteiger partial charge in [-0.2, -0.15) is 0 Å². The van der Waals surface area contributed by atoms with E-state index in [1.54, 1.807) is 36.4 Å². The second kappa shape index (κ2) is 6.60. The van der Waals surface area contributed by atoms with E-state index >= 15 is 0 Å². The van der Waals surface area contributed by atoms with Gasteiger partial charge in [-0.25, -0.2) is 8.88 Å². The van der Waals surface area contributed by atoms with Gasteiger partial charge in [0, 0.05) is 34.5 Å². The fourth-order valence-electron chi connectivity index (χ4n) is 2.46. The number of nitrogens with zero attached hydrogens (tertiary/aromatic N) is 1. The van der Waals surface area contributed by atoms with Crippen molar-refractivity contribution < 1.29 is 14.7 Å². The van der Waals surface area contributed by atoms with Crippen LogP contribution in [0.2, 0.25) is 0 Å². The van der Waals surface area contributed by atoms with Crippen molar-refractivity contribution in [1.82, 2.24) is 4.09 Å². The van der Waals surface area contributed by atoms with E-state index in [2.05, 4.69) is 5.32 Å². The highest BCUT2D eigenvalue weighted by Gasteiger charge is 2.19. The summed E-state index contributed by atoms with van der Waals surface area (Å²) in [5.41, 5.74) is 1.53. The Morgan fingerprint density at radius 2 is 1.71 bits per heavy atom. The number of aromatic carboxylic acids is 1. The number of amides is 1. The number of halogens is 1. The lowest BCUT2D eigenvalue weighted by atomic mass is 10.1.